The summed E-state index contributed by atoms with van der Waals surface area (Å²) in [5.74, 6) is -0.467. The second-order valence-electron chi connectivity index (χ2n) is 7.56. The minimum Gasteiger partial charge on any atom is -0.444 e. The molecular weight excluding hydrogens is 517 g/mol. The molecule has 1 aliphatic carbocycles. The molecule has 3 nitrogen and oxygen atoms in total. The molecule has 0 aliphatic heterocycles. The largest absolute Gasteiger partial charge is 0.444 e. The number of aromatic nitrogens is 1. The molecule has 0 amide bonds. The summed E-state index contributed by atoms with van der Waals surface area (Å²) < 4.78 is 6.30. The van der Waals surface area contributed by atoms with Gasteiger partial charge >= 0.3 is 5.97 Å². The van der Waals surface area contributed by atoms with Crippen LogP contribution in [0.1, 0.15) is 25.0 Å². The molecule has 0 spiro atoms. The molecule has 0 N–H and O–H groups in total. The molecule has 3 rings (SSSR count). The van der Waals surface area contributed by atoms with E-state index in [9.17, 15) is 4.79 Å². The van der Waals surface area contributed by atoms with Crippen molar-refractivity contribution >= 4 is 61.0 Å². The van der Waals surface area contributed by atoms with E-state index in [1.807, 2.05) is 55.1 Å². The molecule has 1 saturated carbocycles. The normalized spacial score (nSPS) is 22.3. The fourth-order valence-corrected chi connectivity index (χ4v) is 5.16. The summed E-state index contributed by atoms with van der Waals surface area (Å²) in [7, 11) is 0. The van der Waals surface area contributed by atoms with Crippen LogP contribution in [0.15, 0.2) is 48.8 Å². The molecule has 2 aromatic rings. The zero-order valence-electron chi connectivity index (χ0n) is 15.0. The van der Waals surface area contributed by atoms with Gasteiger partial charge in [-0.2, -0.15) is 0 Å². The average molecular weight is 538 g/mol. The Labute approximate surface area is 186 Å². The van der Waals surface area contributed by atoms with E-state index in [4.69, 9.17) is 27.9 Å². The number of benzene rings is 1. The van der Waals surface area contributed by atoms with E-state index in [1.54, 1.807) is 0 Å². The van der Waals surface area contributed by atoms with Crippen LogP contribution in [0.2, 0.25) is 0 Å². The smallest absolute Gasteiger partial charge is 0.311 e. The third kappa shape index (κ3) is 4.92. The van der Waals surface area contributed by atoms with E-state index >= 15 is 0 Å². The average Bonchev–Trinajstić information content (AvgIpc) is 2.93. The lowest BCUT2D eigenvalue weighted by molar-refractivity contribution is -0.150. The minimum absolute atomic E-state index is 0.00215. The van der Waals surface area contributed by atoms with Crippen molar-refractivity contribution in [2.24, 2.45) is 17.3 Å². The van der Waals surface area contributed by atoms with Gasteiger partial charge in [0.1, 0.15) is 0 Å². The van der Waals surface area contributed by atoms with Gasteiger partial charge in [-0.1, -0.05) is 83.3 Å². The molecule has 1 aliphatic rings. The fraction of sp³-hybridized carbons (Fsp3) is 0.450. The summed E-state index contributed by atoms with van der Waals surface area (Å²) in [4.78, 5) is 12.3. The molecule has 7 heteroatoms. The Morgan fingerprint density at radius 2 is 1.93 bits per heavy atom. The van der Waals surface area contributed by atoms with Crippen LogP contribution < -0.4 is 0 Å². The van der Waals surface area contributed by atoms with Crippen LogP contribution >= 0.6 is 55.1 Å². The van der Waals surface area contributed by atoms with E-state index in [1.165, 1.54) is 11.1 Å². The zero-order valence-corrected chi connectivity index (χ0v) is 19.7. The van der Waals surface area contributed by atoms with E-state index in [-0.39, 0.29) is 34.8 Å². The highest BCUT2D eigenvalue weighted by Gasteiger charge is 2.67. The lowest BCUT2D eigenvalue weighted by Gasteiger charge is -2.20. The van der Waals surface area contributed by atoms with Gasteiger partial charge in [-0.25, -0.2) is 0 Å². The molecule has 0 radical (unpaired) electrons. The Morgan fingerprint density at radius 1 is 1.26 bits per heavy atom. The number of esters is 1. The van der Waals surface area contributed by atoms with Crippen molar-refractivity contribution in [2.45, 2.75) is 35.1 Å². The monoisotopic (exact) mass is 535 g/mol. The molecule has 1 aromatic heterocycles. The highest BCUT2D eigenvalue weighted by Crippen LogP contribution is 2.65. The third-order valence-corrected chi connectivity index (χ3v) is 8.57. The van der Waals surface area contributed by atoms with Crippen LogP contribution in [0.3, 0.4) is 0 Å². The first-order valence-corrected chi connectivity index (χ1v) is 11.1. The van der Waals surface area contributed by atoms with Gasteiger partial charge in [-0.05, 0) is 50.9 Å². The molecule has 27 heavy (non-hydrogen) atoms. The zero-order chi connectivity index (χ0) is 19.8. The first-order chi connectivity index (χ1) is 12.6. The van der Waals surface area contributed by atoms with Gasteiger partial charge in [-0.3, -0.25) is 4.79 Å². The van der Waals surface area contributed by atoms with Crippen molar-refractivity contribution < 1.29 is 9.53 Å². The summed E-state index contributed by atoms with van der Waals surface area (Å²) in [6.07, 6.45) is 4.78. The van der Waals surface area contributed by atoms with Crippen molar-refractivity contribution in [3.8, 4) is 0 Å². The van der Waals surface area contributed by atoms with Crippen LogP contribution in [-0.2, 0) is 22.7 Å². The van der Waals surface area contributed by atoms with Gasteiger partial charge in [-0.15, -0.1) is 0 Å². The predicted octanol–water partition coefficient (Wildman–Crippen LogP) is 6.14. The number of halogens is 4. The van der Waals surface area contributed by atoms with Gasteiger partial charge in [0.05, 0.1) is 10.7 Å². The summed E-state index contributed by atoms with van der Waals surface area (Å²) in [6, 6.07) is 12.3. The number of rotatable bonds is 7. The van der Waals surface area contributed by atoms with Gasteiger partial charge in [0, 0.05) is 12.4 Å². The maximum Gasteiger partial charge on any atom is 0.311 e. The molecule has 1 heterocycles. The number of alkyl halides is 4. The van der Waals surface area contributed by atoms with E-state index in [2.05, 4.69) is 44.0 Å². The van der Waals surface area contributed by atoms with Gasteiger partial charge in [0.25, 0.3) is 0 Å². The molecule has 0 bridgehead atoms. The number of hydrogen-bond acceptors (Lipinski definition) is 2. The lowest BCUT2D eigenvalue weighted by atomic mass is 10.1. The van der Waals surface area contributed by atoms with E-state index in [0.717, 1.165) is 6.42 Å². The Hall–Kier alpha value is -0.490. The number of carbonyl (C=O) groups is 1. The second kappa shape index (κ2) is 8.10. The number of ether oxygens (including phenoxy) is 1. The van der Waals surface area contributed by atoms with Crippen LogP contribution in [-0.4, -0.2) is 18.6 Å². The summed E-state index contributed by atoms with van der Waals surface area (Å²) in [5.41, 5.74) is 2.21. The molecule has 1 aromatic carbocycles. The lowest BCUT2D eigenvalue weighted by Crippen LogP contribution is -2.23. The van der Waals surface area contributed by atoms with Gasteiger partial charge < -0.3 is 9.30 Å². The fourth-order valence-electron chi connectivity index (χ4n) is 3.61. The maximum absolute atomic E-state index is 12.6. The predicted molar refractivity (Wildman–Crippen MR) is 117 cm³/mol. The van der Waals surface area contributed by atoms with E-state index in [0.29, 0.717) is 0 Å². The highest BCUT2D eigenvalue weighted by molar-refractivity contribution is 9.13. The van der Waals surface area contributed by atoms with E-state index < -0.39 is 3.24 Å². The van der Waals surface area contributed by atoms with Gasteiger partial charge in [0.2, 0.25) is 0 Å². The van der Waals surface area contributed by atoms with Gasteiger partial charge in [0.15, 0.2) is 9.97 Å². The highest BCUT2D eigenvalue weighted by atomic mass is 79.9. The summed E-state index contributed by atoms with van der Waals surface area (Å²) in [5, 5.41) is 0. The molecule has 3 atom stereocenters. The van der Waals surface area contributed by atoms with Crippen molar-refractivity contribution in [1.82, 2.24) is 4.57 Å². The Morgan fingerprint density at radius 3 is 2.56 bits per heavy atom. The van der Waals surface area contributed by atoms with Crippen LogP contribution in [0.5, 0.6) is 0 Å². The molecule has 0 saturated heterocycles. The van der Waals surface area contributed by atoms with Crippen LogP contribution in [0.25, 0.3) is 0 Å². The Balaban J connectivity index is 1.56. The molecule has 146 valence electrons. The SMILES string of the molecule is CC1(C)[C@H](C(=O)OCn2ccc(Cc3ccccc3)c2)[C@@H]1C(Br)C(Cl)(Cl)Br. The van der Waals surface area contributed by atoms with Crippen molar-refractivity contribution in [1.29, 1.82) is 0 Å². The topological polar surface area (TPSA) is 31.2 Å². The number of hydrogen-bond donors (Lipinski definition) is 0. The molecule has 1 unspecified atom stereocenters. The summed E-state index contributed by atoms with van der Waals surface area (Å²) >= 11 is 19.0. The summed E-state index contributed by atoms with van der Waals surface area (Å²) in [6.45, 7) is 4.25. The van der Waals surface area contributed by atoms with Crippen molar-refractivity contribution in [3.63, 3.8) is 0 Å². The van der Waals surface area contributed by atoms with Crippen LogP contribution in [0, 0.1) is 17.3 Å². The molecule has 1 fully saturated rings. The minimum atomic E-state index is -1.13. The quantitative estimate of drug-likeness (QED) is 0.314. The Kier molecular flexibility index (Phi) is 6.36. The third-order valence-electron chi connectivity index (χ3n) is 5.21. The van der Waals surface area contributed by atoms with Crippen molar-refractivity contribution in [3.05, 3.63) is 59.9 Å². The standard InChI is InChI=1S/C20H21Br2Cl2NO2/c1-19(2)15(17(21)20(22,23)24)16(19)18(26)27-12-25-9-8-14(11-25)10-13-6-4-3-5-7-13/h3-9,11,15-17H,10,12H2,1-2H3/t15-,16+,17?/m1/s1. The number of carbonyl (C=O) groups excluding carboxylic acids is 1. The Bertz CT molecular complexity index is 802. The number of nitrogens with zero attached hydrogens (tertiary/aromatic N) is 1. The van der Waals surface area contributed by atoms with Crippen LogP contribution in [0.4, 0.5) is 0 Å². The molecular formula is C20H21Br2Cl2NO2. The van der Waals surface area contributed by atoms with Crippen molar-refractivity contribution in [2.75, 3.05) is 0 Å². The second-order valence-corrected chi connectivity index (χ2v) is 12.1. The first-order valence-electron chi connectivity index (χ1n) is 8.66. The maximum atomic E-state index is 12.6. The first kappa shape index (κ1) is 21.2.